The molecule has 6 nitrogen and oxygen atoms in total. The van der Waals surface area contributed by atoms with Crippen LogP contribution >= 0.6 is 0 Å². The smallest absolute Gasteiger partial charge is 0.228 e. The Hall–Kier alpha value is -2.89. The summed E-state index contributed by atoms with van der Waals surface area (Å²) in [7, 11) is 0. The van der Waals surface area contributed by atoms with Crippen molar-refractivity contribution in [1.82, 2.24) is 20.1 Å². The first kappa shape index (κ1) is 15.6. The lowest BCUT2D eigenvalue weighted by molar-refractivity contribution is -0.130. The third-order valence-corrected chi connectivity index (χ3v) is 4.71. The highest BCUT2D eigenvalue weighted by molar-refractivity contribution is 5.93. The van der Waals surface area contributed by atoms with E-state index in [2.05, 4.69) is 38.3 Å². The van der Waals surface area contributed by atoms with Crippen molar-refractivity contribution < 1.29 is 4.79 Å². The fourth-order valence-electron chi connectivity index (χ4n) is 3.38. The molecule has 3 heterocycles. The normalized spacial score (nSPS) is 14.9. The van der Waals surface area contributed by atoms with Gasteiger partial charge in [-0.3, -0.25) is 14.9 Å². The van der Waals surface area contributed by atoms with Gasteiger partial charge in [0.2, 0.25) is 5.91 Å². The lowest BCUT2D eigenvalue weighted by Crippen LogP contribution is -2.49. The fourth-order valence-corrected chi connectivity index (χ4v) is 3.38. The number of piperazine rings is 1. The number of anilines is 1. The Morgan fingerprint density at radius 3 is 2.72 bits per heavy atom. The molecule has 0 aliphatic carbocycles. The van der Waals surface area contributed by atoms with Gasteiger partial charge in [-0.1, -0.05) is 24.3 Å². The van der Waals surface area contributed by atoms with Crippen molar-refractivity contribution in [3.63, 3.8) is 0 Å². The van der Waals surface area contributed by atoms with Crippen molar-refractivity contribution >= 4 is 22.4 Å². The Balaban J connectivity index is 1.43. The van der Waals surface area contributed by atoms with Gasteiger partial charge in [-0.15, -0.1) is 0 Å². The summed E-state index contributed by atoms with van der Waals surface area (Å²) in [6, 6.07) is 10.2. The minimum absolute atomic E-state index is 0.141. The van der Waals surface area contributed by atoms with E-state index in [-0.39, 0.29) is 5.91 Å². The number of amides is 1. The highest BCUT2D eigenvalue weighted by Gasteiger charge is 2.23. The van der Waals surface area contributed by atoms with E-state index in [9.17, 15) is 4.79 Å². The number of fused-ring (bicyclic) bond motifs is 1. The van der Waals surface area contributed by atoms with E-state index in [1.807, 2.05) is 36.4 Å². The van der Waals surface area contributed by atoms with E-state index < -0.39 is 0 Å². The van der Waals surface area contributed by atoms with Crippen LogP contribution in [0.15, 0.2) is 42.7 Å². The van der Waals surface area contributed by atoms with Gasteiger partial charge in [0.05, 0.1) is 24.0 Å². The van der Waals surface area contributed by atoms with Crippen molar-refractivity contribution in [3.05, 3.63) is 54.1 Å². The number of aryl methyl sites for hydroxylation is 1. The van der Waals surface area contributed by atoms with E-state index >= 15 is 0 Å². The second-order valence-corrected chi connectivity index (χ2v) is 6.47. The summed E-state index contributed by atoms with van der Waals surface area (Å²) in [6.07, 6.45) is 4.18. The highest BCUT2D eigenvalue weighted by atomic mass is 16.2. The van der Waals surface area contributed by atoms with Crippen molar-refractivity contribution in [2.45, 2.75) is 13.3 Å². The molecule has 4 rings (SSSR count). The minimum atomic E-state index is 0.141. The number of H-pyrrole nitrogens is 1. The molecule has 2 aromatic heterocycles. The van der Waals surface area contributed by atoms with Crippen LogP contribution in [0.25, 0.3) is 10.8 Å². The molecular formula is C19H21N5O. The number of nitrogens with one attached hydrogen (secondary N) is 1. The van der Waals surface area contributed by atoms with E-state index in [1.54, 1.807) is 0 Å². The maximum Gasteiger partial charge on any atom is 0.228 e. The third kappa shape index (κ3) is 3.20. The lowest BCUT2D eigenvalue weighted by atomic mass is 10.1. The molecule has 0 saturated carbocycles. The zero-order chi connectivity index (χ0) is 17.2. The topological polar surface area (TPSA) is 65.1 Å². The maximum absolute atomic E-state index is 12.5. The first-order chi connectivity index (χ1) is 12.2. The first-order valence-corrected chi connectivity index (χ1v) is 8.57. The van der Waals surface area contributed by atoms with E-state index in [4.69, 9.17) is 0 Å². The molecule has 0 atom stereocenters. The Labute approximate surface area is 146 Å². The van der Waals surface area contributed by atoms with Gasteiger partial charge in [0.25, 0.3) is 0 Å². The molecule has 0 bridgehead atoms. The van der Waals surface area contributed by atoms with Crippen LogP contribution in [0.1, 0.15) is 11.4 Å². The third-order valence-electron chi connectivity index (χ3n) is 4.71. The molecule has 1 amide bonds. The van der Waals surface area contributed by atoms with Crippen molar-refractivity contribution in [2.75, 3.05) is 31.1 Å². The summed E-state index contributed by atoms with van der Waals surface area (Å²) >= 11 is 0. The zero-order valence-corrected chi connectivity index (χ0v) is 14.3. The van der Waals surface area contributed by atoms with Gasteiger partial charge >= 0.3 is 0 Å². The average molecular weight is 335 g/mol. The van der Waals surface area contributed by atoms with E-state index in [0.717, 1.165) is 48.6 Å². The van der Waals surface area contributed by atoms with Gasteiger partial charge < -0.3 is 9.80 Å². The minimum Gasteiger partial charge on any atom is -0.366 e. The average Bonchev–Trinajstić information content (AvgIpc) is 3.06. The summed E-state index contributed by atoms with van der Waals surface area (Å²) in [5, 5.41) is 9.40. The number of nitrogens with zero attached hydrogens (tertiary/aromatic N) is 4. The van der Waals surface area contributed by atoms with Gasteiger partial charge in [-0.25, -0.2) is 0 Å². The van der Waals surface area contributed by atoms with Gasteiger partial charge in [-0.05, 0) is 13.0 Å². The number of aromatic amines is 1. The molecule has 128 valence electrons. The van der Waals surface area contributed by atoms with Gasteiger partial charge in [0.15, 0.2) is 0 Å². The van der Waals surface area contributed by atoms with E-state index in [1.165, 1.54) is 5.39 Å². The van der Waals surface area contributed by atoms with Crippen LogP contribution < -0.4 is 4.90 Å². The highest BCUT2D eigenvalue weighted by Crippen LogP contribution is 2.26. The molecule has 0 unspecified atom stereocenters. The quantitative estimate of drug-likeness (QED) is 0.797. The van der Waals surface area contributed by atoms with E-state index in [0.29, 0.717) is 6.42 Å². The van der Waals surface area contributed by atoms with Gasteiger partial charge in [0, 0.05) is 48.8 Å². The molecule has 1 aromatic carbocycles. The van der Waals surface area contributed by atoms with Crippen LogP contribution in [-0.2, 0) is 11.2 Å². The molecule has 3 aromatic rings. The number of carbonyl (C=O) groups excluding carboxylic acids is 1. The fraction of sp³-hybridized carbons (Fsp3) is 0.316. The van der Waals surface area contributed by atoms with Crippen LogP contribution in [0.2, 0.25) is 0 Å². The number of hydrogen-bond acceptors (Lipinski definition) is 4. The van der Waals surface area contributed by atoms with Crippen LogP contribution in [0.5, 0.6) is 0 Å². The number of carbonyl (C=O) groups is 1. The Kier molecular flexibility index (Phi) is 4.09. The summed E-state index contributed by atoms with van der Waals surface area (Å²) in [6.45, 7) is 5.04. The summed E-state index contributed by atoms with van der Waals surface area (Å²) in [5.41, 5.74) is 2.94. The van der Waals surface area contributed by atoms with Crippen molar-refractivity contribution in [1.29, 1.82) is 0 Å². The number of hydrogen-bond donors (Lipinski definition) is 1. The number of aromatic nitrogens is 3. The second-order valence-electron chi connectivity index (χ2n) is 6.47. The molecule has 0 spiro atoms. The summed E-state index contributed by atoms with van der Waals surface area (Å²) in [5.74, 6) is 0.141. The molecule has 1 aliphatic rings. The summed E-state index contributed by atoms with van der Waals surface area (Å²) < 4.78 is 0. The Morgan fingerprint density at radius 2 is 1.96 bits per heavy atom. The van der Waals surface area contributed by atoms with Crippen LogP contribution in [0.3, 0.4) is 0 Å². The van der Waals surface area contributed by atoms with Crippen LogP contribution in [-0.4, -0.2) is 52.2 Å². The first-order valence-electron chi connectivity index (χ1n) is 8.57. The molecule has 1 N–H and O–H groups in total. The number of rotatable bonds is 3. The maximum atomic E-state index is 12.5. The number of pyridine rings is 1. The zero-order valence-electron chi connectivity index (χ0n) is 14.3. The molecule has 0 radical (unpaired) electrons. The molecular weight excluding hydrogens is 314 g/mol. The monoisotopic (exact) mass is 335 g/mol. The Morgan fingerprint density at radius 1 is 1.16 bits per heavy atom. The number of benzene rings is 1. The predicted octanol–water partition coefficient (Wildman–Crippen LogP) is 2.16. The molecule has 6 heteroatoms. The Bertz CT molecular complexity index is 890. The van der Waals surface area contributed by atoms with Crippen LogP contribution in [0, 0.1) is 6.92 Å². The second kappa shape index (κ2) is 6.55. The lowest BCUT2D eigenvalue weighted by Gasteiger charge is -2.36. The molecule has 1 fully saturated rings. The van der Waals surface area contributed by atoms with Crippen LogP contribution in [0.4, 0.5) is 5.69 Å². The van der Waals surface area contributed by atoms with Crippen molar-refractivity contribution in [2.24, 2.45) is 0 Å². The molecule has 1 saturated heterocycles. The largest absolute Gasteiger partial charge is 0.366 e. The molecule has 25 heavy (non-hydrogen) atoms. The van der Waals surface area contributed by atoms with Gasteiger partial charge in [0.1, 0.15) is 0 Å². The summed E-state index contributed by atoms with van der Waals surface area (Å²) in [4.78, 5) is 21.1. The molecule has 1 aliphatic heterocycles. The predicted molar refractivity (Wildman–Crippen MR) is 97.6 cm³/mol. The SMILES string of the molecule is Cc1cc(CC(=O)N2CCN(c3cncc4ccccc34)CC2)n[nH]1. The van der Waals surface area contributed by atoms with Crippen molar-refractivity contribution in [3.8, 4) is 0 Å². The standard InChI is InChI=1S/C19H21N5O/c1-14-10-16(22-21-14)11-19(25)24-8-6-23(7-9-24)18-13-20-12-15-4-2-3-5-17(15)18/h2-5,10,12-13H,6-9,11H2,1H3,(H,21,22). The van der Waals surface area contributed by atoms with Gasteiger partial charge in [-0.2, -0.15) is 5.10 Å².